The predicted octanol–water partition coefficient (Wildman–Crippen LogP) is 2.53. The molecule has 1 unspecified atom stereocenters. The van der Waals surface area contributed by atoms with Crippen molar-refractivity contribution in [3.8, 4) is 0 Å². The van der Waals surface area contributed by atoms with Gasteiger partial charge in [-0.05, 0) is 33.2 Å². The van der Waals surface area contributed by atoms with Crippen LogP contribution in [0.1, 0.15) is 26.7 Å². The van der Waals surface area contributed by atoms with Crippen LogP contribution < -0.4 is 10.6 Å². The lowest BCUT2D eigenvalue weighted by molar-refractivity contribution is -0.121. The minimum absolute atomic E-state index is 0.0202. The van der Waals surface area contributed by atoms with E-state index in [0.29, 0.717) is 5.13 Å². The van der Waals surface area contributed by atoms with E-state index in [1.165, 1.54) is 11.3 Å². The summed E-state index contributed by atoms with van der Waals surface area (Å²) in [5.74, 6) is 0.890. The third kappa shape index (κ3) is 4.29. The molecular weight excluding hydrogens is 292 g/mol. The summed E-state index contributed by atoms with van der Waals surface area (Å²) < 4.78 is 0.853. The maximum atomic E-state index is 12.3. The summed E-state index contributed by atoms with van der Waals surface area (Å²) in [6.45, 7) is 8.80. The van der Waals surface area contributed by atoms with Gasteiger partial charge in [0.05, 0.1) is 0 Å². The number of rotatable bonds is 5. The quantitative estimate of drug-likeness (QED) is 0.497. The second-order valence-corrected chi connectivity index (χ2v) is 7.71. The molecule has 0 radical (unpaired) electrons. The lowest BCUT2D eigenvalue weighted by Gasteiger charge is -2.35. The normalized spacial score (nSPS) is 21.4. The van der Waals surface area contributed by atoms with E-state index in [-0.39, 0.29) is 17.4 Å². The van der Waals surface area contributed by atoms with Crippen LogP contribution >= 0.6 is 23.1 Å². The molecule has 0 bridgehead atoms. The van der Waals surface area contributed by atoms with E-state index in [0.717, 1.165) is 29.5 Å². The molecule has 1 amide bonds. The first-order valence-electron chi connectivity index (χ1n) is 6.63. The third-order valence-electron chi connectivity index (χ3n) is 3.19. The van der Waals surface area contributed by atoms with Crippen LogP contribution in [0.4, 0.5) is 5.13 Å². The van der Waals surface area contributed by atoms with Gasteiger partial charge in [-0.25, -0.2) is 0 Å². The fourth-order valence-corrected chi connectivity index (χ4v) is 3.77. The molecule has 0 spiro atoms. The Labute approximate surface area is 127 Å². The van der Waals surface area contributed by atoms with Gasteiger partial charge in [-0.15, -0.1) is 16.8 Å². The number of hydrogen-bond acceptors (Lipinski definition) is 6. The number of nitrogens with one attached hydrogen (secondary N) is 2. The van der Waals surface area contributed by atoms with Gasteiger partial charge in [-0.3, -0.25) is 4.79 Å². The molecule has 0 aromatic carbocycles. The Bertz CT molecular complexity index is 486. The van der Waals surface area contributed by atoms with Gasteiger partial charge in [0.15, 0.2) is 4.34 Å². The second-order valence-electron chi connectivity index (χ2n) is 5.46. The highest BCUT2D eigenvalue weighted by atomic mass is 32.2. The maximum Gasteiger partial charge on any atom is 0.229 e. The van der Waals surface area contributed by atoms with Crippen LogP contribution in [0.3, 0.4) is 0 Å². The minimum atomic E-state index is 0.0202. The van der Waals surface area contributed by atoms with Crippen LogP contribution in [0.2, 0.25) is 0 Å². The fraction of sp³-hybridized carbons (Fsp3) is 0.615. The van der Waals surface area contributed by atoms with Gasteiger partial charge in [0, 0.05) is 17.2 Å². The molecule has 0 saturated carbocycles. The Morgan fingerprint density at radius 3 is 3.15 bits per heavy atom. The lowest BCUT2D eigenvalue weighted by Crippen LogP contribution is -2.48. The molecule has 1 aromatic heterocycles. The SMILES string of the molecule is C=CCSc1nnc(NC(=O)C2CCNC(C)(C)C2)s1. The summed E-state index contributed by atoms with van der Waals surface area (Å²) in [6.07, 6.45) is 3.53. The van der Waals surface area contributed by atoms with Gasteiger partial charge in [-0.1, -0.05) is 29.2 Å². The van der Waals surface area contributed by atoms with Crippen molar-refractivity contribution in [1.29, 1.82) is 0 Å². The molecule has 1 atom stereocenters. The number of hydrogen-bond donors (Lipinski definition) is 2. The highest BCUT2D eigenvalue weighted by Gasteiger charge is 2.31. The average Bonchev–Trinajstić information content (AvgIpc) is 2.82. The summed E-state index contributed by atoms with van der Waals surface area (Å²) in [4.78, 5) is 12.3. The lowest BCUT2D eigenvalue weighted by atomic mass is 9.84. The van der Waals surface area contributed by atoms with Crippen molar-refractivity contribution in [3.05, 3.63) is 12.7 Å². The van der Waals surface area contributed by atoms with Crippen LogP contribution in [-0.4, -0.2) is 33.9 Å². The largest absolute Gasteiger partial charge is 0.312 e. The number of anilines is 1. The number of thioether (sulfide) groups is 1. The Kier molecular flexibility index (Phi) is 5.17. The molecule has 110 valence electrons. The molecule has 0 aliphatic carbocycles. The van der Waals surface area contributed by atoms with Crippen molar-refractivity contribution in [3.63, 3.8) is 0 Å². The molecule has 1 fully saturated rings. The Morgan fingerprint density at radius 1 is 1.65 bits per heavy atom. The standard InChI is InChI=1S/C13H20N4OS2/c1-4-7-19-12-17-16-11(20-12)15-10(18)9-5-6-14-13(2,3)8-9/h4,9,14H,1,5-8H2,2-3H3,(H,15,16,18). The Hall–Kier alpha value is -0.920. The highest BCUT2D eigenvalue weighted by molar-refractivity contribution is 8.01. The molecule has 2 rings (SSSR count). The summed E-state index contributed by atoms with van der Waals surface area (Å²) in [5, 5.41) is 14.9. The van der Waals surface area contributed by atoms with Crippen molar-refractivity contribution in [2.75, 3.05) is 17.6 Å². The number of carbonyl (C=O) groups excluding carboxylic acids is 1. The Balaban J connectivity index is 1.90. The topological polar surface area (TPSA) is 66.9 Å². The van der Waals surface area contributed by atoms with Crippen LogP contribution in [0.5, 0.6) is 0 Å². The van der Waals surface area contributed by atoms with E-state index in [4.69, 9.17) is 0 Å². The highest BCUT2D eigenvalue weighted by Crippen LogP contribution is 2.28. The molecule has 20 heavy (non-hydrogen) atoms. The first kappa shape index (κ1) is 15.5. The van der Waals surface area contributed by atoms with Crippen LogP contribution in [0.15, 0.2) is 17.0 Å². The average molecular weight is 312 g/mol. The second kappa shape index (κ2) is 6.69. The van der Waals surface area contributed by atoms with E-state index < -0.39 is 0 Å². The fourth-order valence-electron chi connectivity index (χ4n) is 2.26. The van der Waals surface area contributed by atoms with Gasteiger partial charge < -0.3 is 10.6 Å². The zero-order valence-corrected chi connectivity index (χ0v) is 13.4. The molecule has 7 heteroatoms. The molecule has 1 aromatic rings. The summed E-state index contributed by atoms with van der Waals surface area (Å²) in [5.41, 5.74) is 0.0202. The summed E-state index contributed by atoms with van der Waals surface area (Å²) in [6, 6.07) is 0. The molecule has 1 aliphatic heterocycles. The molecule has 5 nitrogen and oxygen atoms in total. The first-order chi connectivity index (χ1) is 9.50. The third-order valence-corrected chi connectivity index (χ3v) is 5.15. The van der Waals surface area contributed by atoms with Crippen LogP contribution in [0.25, 0.3) is 0 Å². The van der Waals surface area contributed by atoms with Crippen molar-refractivity contribution < 1.29 is 4.79 Å². The zero-order valence-electron chi connectivity index (χ0n) is 11.8. The maximum absolute atomic E-state index is 12.3. The van der Waals surface area contributed by atoms with E-state index in [1.54, 1.807) is 11.8 Å². The molecule has 1 saturated heterocycles. The first-order valence-corrected chi connectivity index (χ1v) is 8.43. The van der Waals surface area contributed by atoms with Crippen molar-refractivity contribution in [2.24, 2.45) is 5.92 Å². The number of carbonyl (C=O) groups is 1. The van der Waals surface area contributed by atoms with E-state index >= 15 is 0 Å². The van der Waals surface area contributed by atoms with Crippen LogP contribution in [0, 0.1) is 5.92 Å². The smallest absolute Gasteiger partial charge is 0.229 e. The zero-order chi connectivity index (χ0) is 14.6. The number of amides is 1. The van der Waals surface area contributed by atoms with Gasteiger partial charge in [0.1, 0.15) is 0 Å². The molecule has 2 N–H and O–H groups in total. The predicted molar refractivity (Wildman–Crippen MR) is 84.3 cm³/mol. The molecule has 1 aliphatic rings. The van der Waals surface area contributed by atoms with Gasteiger partial charge in [0.25, 0.3) is 0 Å². The van der Waals surface area contributed by atoms with E-state index in [9.17, 15) is 4.79 Å². The number of piperidine rings is 1. The van der Waals surface area contributed by atoms with Gasteiger partial charge in [0.2, 0.25) is 11.0 Å². The van der Waals surface area contributed by atoms with Gasteiger partial charge >= 0.3 is 0 Å². The van der Waals surface area contributed by atoms with Crippen LogP contribution in [-0.2, 0) is 4.79 Å². The van der Waals surface area contributed by atoms with Crippen molar-refractivity contribution >= 4 is 34.1 Å². The summed E-state index contributed by atoms with van der Waals surface area (Å²) >= 11 is 2.98. The number of aromatic nitrogens is 2. The van der Waals surface area contributed by atoms with E-state index in [2.05, 4.69) is 41.3 Å². The molecular formula is C13H20N4OS2. The van der Waals surface area contributed by atoms with Crippen molar-refractivity contribution in [1.82, 2.24) is 15.5 Å². The minimum Gasteiger partial charge on any atom is -0.312 e. The monoisotopic (exact) mass is 312 g/mol. The Morgan fingerprint density at radius 2 is 2.45 bits per heavy atom. The number of nitrogens with zero attached hydrogens (tertiary/aromatic N) is 2. The molecule has 2 heterocycles. The summed E-state index contributed by atoms with van der Waals surface area (Å²) in [7, 11) is 0. The van der Waals surface area contributed by atoms with Crippen molar-refractivity contribution in [2.45, 2.75) is 36.6 Å². The van der Waals surface area contributed by atoms with E-state index in [1.807, 2.05) is 6.08 Å². The van der Waals surface area contributed by atoms with Gasteiger partial charge in [-0.2, -0.15) is 0 Å².